The SMILES string of the molecule is COC(=O)c1ccc(CN2C(=O)N/C(=C\c3ccc(O)cc3)C2=O)o1. The van der Waals surface area contributed by atoms with Crippen LogP contribution in [0.2, 0.25) is 0 Å². The summed E-state index contributed by atoms with van der Waals surface area (Å²) >= 11 is 0. The first-order chi connectivity index (χ1) is 12.0. The van der Waals surface area contributed by atoms with Crippen molar-refractivity contribution in [2.75, 3.05) is 7.11 Å². The number of phenols is 1. The third-order valence-corrected chi connectivity index (χ3v) is 3.53. The summed E-state index contributed by atoms with van der Waals surface area (Å²) < 4.78 is 9.80. The van der Waals surface area contributed by atoms with Crippen molar-refractivity contribution in [2.45, 2.75) is 6.54 Å². The lowest BCUT2D eigenvalue weighted by Crippen LogP contribution is -2.30. The summed E-state index contributed by atoms with van der Waals surface area (Å²) in [7, 11) is 1.22. The molecule has 0 unspecified atom stereocenters. The second-order valence-electron chi connectivity index (χ2n) is 5.23. The molecule has 2 heterocycles. The fourth-order valence-corrected chi connectivity index (χ4v) is 2.28. The van der Waals surface area contributed by atoms with Crippen molar-refractivity contribution < 1.29 is 28.6 Å². The number of esters is 1. The van der Waals surface area contributed by atoms with Crippen LogP contribution in [0.4, 0.5) is 4.79 Å². The smallest absolute Gasteiger partial charge is 0.373 e. The van der Waals surface area contributed by atoms with Crippen LogP contribution in [0, 0.1) is 0 Å². The minimum Gasteiger partial charge on any atom is -0.508 e. The largest absolute Gasteiger partial charge is 0.508 e. The van der Waals surface area contributed by atoms with Crippen LogP contribution >= 0.6 is 0 Å². The molecule has 0 spiro atoms. The lowest BCUT2D eigenvalue weighted by molar-refractivity contribution is -0.123. The van der Waals surface area contributed by atoms with Gasteiger partial charge in [0.1, 0.15) is 17.2 Å². The number of urea groups is 1. The Morgan fingerprint density at radius 1 is 1.24 bits per heavy atom. The van der Waals surface area contributed by atoms with Crippen molar-refractivity contribution in [2.24, 2.45) is 0 Å². The first kappa shape index (κ1) is 16.3. The lowest BCUT2D eigenvalue weighted by Gasteiger charge is -2.09. The molecule has 3 rings (SSSR count). The molecule has 25 heavy (non-hydrogen) atoms. The van der Waals surface area contributed by atoms with Crippen LogP contribution in [0.5, 0.6) is 5.75 Å². The minimum absolute atomic E-state index is 0.00980. The van der Waals surface area contributed by atoms with E-state index in [-0.39, 0.29) is 29.5 Å². The van der Waals surface area contributed by atoms with E-state index in [1.807, 2.05) is 0 Å². The van der Waals surface area contributed by atoms with Gasteiger partial charge in [-0.2, -0.15) is 0 Å². The van der Waals surface area contributed by atoms with Crippen molar-refractivity contribution in [3.8, 4) is 5.75 Å². The first-order valence-corrected chi connectivity index (χ1v) is 7.28. The number of furan rings is 1. The summed E-state index contributed by atoms with van der Waals surface area (Å²) in [5.41, 5.74) is 0.754. The molecule has 128 valence electrons. The Balaban J connectivity index is 1.76. The third-order valence-electron chi connectivity index (χ3n) is 3.53. The van der Waals surface area contributed by atoms with Gasteiger partial charge in [-0.15, -0.1) is 0 Å². The van der Waals surface area contributed by atoms with E-state index in [0.717, 1.165) is 4.90 Å². The number of nitrogens with one attached hydrogen (secondary N) is 1. The topological polar surface area (TPSA) is 109 Å². The molecule has 3 amide bonds. The van der Waals surface area contributed by atoms with E-state index >= 15 is 0 Å². The Morgan fingerprint density at radius 2 is 1.96 bits per heavy atom. The van der Waals surface area contributed by atoms with Gasteiger partial charge in [-0.1, -0.05) is 12.1 Å². The quantitative estimate of drug-likeness (QED) is 0.499. The molecule has 1 aliphatic heterocycles. The average molecular weight is 342 g/mol. The Kier molecular flexibility index (Phi) is 4.25. The summed E-state index contributed by atoms with van der Waals surface area (Å²) in [4.78, 5) is 36.7. The number of ether oxygens (including phenoxy) is 1. The monoisotopic (exact) mass is 342 g/mol. The molecular weight excluding hydrogens is 328 g/mol. The maximum Gasteiger partial charge on any atom is 0.373 e. The van der Waals surface area contributed by atoms with Gasteiger partial charge < -0.3 is 19.6 Å². The molecule has 1 aromatic carbocycles. The zero-order valence-corrected chi connectivity index (χ0v) is 13.2. The highest BCUT2D eigenvalue weighted by Gasteiger charge is 2.34. The van der Waals surface area contributed by atoms with Crippen molar-refractivity contribution >= 4 is 24.0 Å². The number of amides is 3. The molecule has 1 fully saturated rings. The van der Waals surface area contributed by atoms with Gasteiger partial charge in [0.05, 0.1) is 13.7 Å². The number of benzene rings is 1. The summed E-state index contributed by atoms with van der Waals surface area (Å²) in [5.74, 6) is -0.797. The van der Waals surface area contributed by atoms with Crippen molar-refractivity contribution in [1.82, 2.24) is 10.2 Å². The molecule has 8 heteroatoms. The van der Waals surface area contributed by atoms with Gasteiger partial charge in [-0.25, -0.2) is 9.59 Å². The van der Waals surface area contributed by atoms with Gasteiger partial charge in [-0.3, -0.25) is 9.69 Å². The Bertz CT molecular complexity index is 866. The van der Waals surface area contributed by atoms with Gasteiger partial charge in [0.15, 0.2) is 0 Å². The van der Waals surface area contributed by atoms with Crippen molar-refractivity contribution in [3.63, 3.8) is 0 Å². The highest BCUT2D eigenvalue weighted by Crippen LogP contribution is 2.19. The van der Waals surface area contributed by atoms with E-state index in [0.29, 0.717) is 5.56 Å². The Hall–Kier alpha value is -3.55. The standard InChI is InChI=1S/C17H14N2O6/c1-24-16(22)14-7-6-12(25-14)9-19-15(21)13(18-17(19)23)8-10-2-4-11(20)5-3-10/h2-8,20H,9H2,1H3,(H,18,23)/b13-8-. The molecule has 1 aromatic heterocycles. The molecule has 0 atom stereocenters. The summed E-state index contributed by atoms with van der Waals surface area (Å²) in [6, 6.07) is 8.48. The number of hydrogen-bond donors (Lipinski definition) is 2. The van der Waals surface area contributed by atoms with E-state index in [2.05, 4.69) is 10.1 Å². The predicted molar refractivity (Wildman–Crippen MR) is 85.2 cm³/mol. The number of aromatic hydroxyl groups is 1. The van der Waals surface area contributed by atoms with Crippen LogP contribution in [-0.4, -0.2) is 35.0 Å². The fraction of sp³-hybridized carbons (Fsp3) is 0.118. The van der Waals surface area contributed by atoms with Crippen LogP contribution in [0.3, 0.4) is 0 Å². The number of carbonyl (C=O) groups excluding carboxylic acids is 3. The zero-order chi connectivity index (χ0) is 18.0. The number of nitrogens with zero attached hydrogens (tertiary/aromatic N) is 1. The minimum atomic E-state index is -0.642. The second-order valence-corrected chi connectivity index (χ2v) is 5.23. The molecule has 0 radical (unpaired) electrons. The average Bonchev–Trinajstić information content (AvgIpc) is 3.17. The number of hydrogen-bond acceptors (Lipinski definition) is 6. The maximum atomic E-state index is 12.4. The second kappa shape index (κ2) is 6.52. The number of methoxy groups -OCH3 is 1. The third kappa shape index (κ3) is 3.37. The molecule has 2 N–H and O–H groups in total. The number of imide groups is 1. The van der Waals surface area contributed by atoms with E-state index in [9.17, 15) is 19.5 Å². The van der Waals surface area contributed by atoms with Gasteiger partial charge in [-0.05, 0) is 35.9 Å². The maximum absolute atomic E-state index is 12.4. The highest BCUT2D eigenvalue weighted by atomic mass is 16.5. The number of phenolic OH excluding ortho intramolecular Hbond substituents is 1. The lowest BCUT2D eigenvalue weighted by atomic mass is 10.2. The summed E-state index contributed by atoms with van der Waals surface area (Å²) in [6.07, 6.45) is 1.50. The van der Waals surface area contributed by atoms with Crippen LogP contribution in [0.1, 0.15) is 21.9 Å². The van der Waals surface area contributed by atoms with Crippen LogP contribution in [0.15, 0.2) is 46.5 Å². The van der Waals surface area contributed by atoms with E-state index in [4.69, 9.17) is 4.42 Å². The zero-order valence-electron chi connectivity index (χ0n) is 13.2. The van der Waals surface area contributed by atoms with Gasteiger partial charge in [0, 0.05) is 0 Å². The first-order valence-electron chi connectivity index (χ1n) is 7.28. The molecule has 0 aliphatic carbocycles. The van der Waals surface area contributed by atoms with Gasteiger partial charge in [0.25, 0.3) is 5.91 Å². The molecule has 0 bridgehead atoms. The fourth-order valence-electron chi connectivity index (χ4n) is 2.28. The van der Waals surface area contributed by atoms with Crippen molar-refractivity contribution in [3.05, 3.63) is 59.2 Å². The van der Waals surface area contributed by atoms with E-state index in [1.165, 1.54) is 37.5 Å². The van der Waals surface area contributed by atoms with E-state index in [1.54, 1.807) is 12.1 Å². The predicted octanol–water partition coefficient (Wildman–Crippen LogP) is 1.86. The summed E-state index contributed by atoms with van der Waals surface area (Å²) in [6.45, 7) is -0.116. The molecule has 0 saturated carbocycles. The van der Waals surface area contributed by atoms with Crippen LogP contribution in [-0.2, 0) is 16.1 Å². The molecule has 1 aliphatic rings. The number of rotatable bonds is 4. The molecule has 8 nitrogen and oxygen atoms in total. The Labute approximate surface area is 142 Å². The summed E-state index contributed by atoms with van der Waals surface area (Å²) in [5, 5.41) is 11.7. The Morgan fingerprint density at radius 3 is 2.64 bits per heavy atom. The number of carbonyl (C=O) groups is 3. The molecular formula is C17H14N2O6. The van der Waals surface area contributed by atoms with E-state index < -0.39 is 17.9 Å². The van der Waals surface area contributed by atoms with Gasteiger partial charge in [0.2, 0.25) is 5.76 Å². The normalized spacial score (nSPS) is 15.6. The van der Waals surface area contributed by atoms with Crippen molar-refractivity contribution in [1.29, 1.82) is 0 Å². The molecule has 2 aromatic rings. The van der Waals surface area contributed by atoms with Gasteiger partial charge >= 0.3 is 12.0 Å². The highest BCUT2D eigenvalue weighted by molar-refractivity contribution is 6.13. The van der Waals surface area contributed by atoms with Crippen LogP contribution in [0.25, 0.3) is 6.08 Å². The van der Waals surface area contributed by atoms with Crippen LogP contribution < -0.4 is 5.32 Å². The molecule has 1 saturated heterocycles.